The van der Waals surface area contributed by atoms with Gasteiger partial charge >= 0.3 is 5.97 Å². The maximum Gasteiger partial charge on any atom is 0.305 e. The van der Waals surface area contributed by atoms with Crippen molar-refractivity contribution in [3.8, 4) is 0 Å². The number of fused-ring (bicyclic) bond motifs is 2. The van der Waals surface area contributed by atoms with Gasteiger partial charge in [-0.05, 0) is 38.0 Å². The number of esters is 1. The molecule has 12 nitrogen and oxygen atoms in total. The molecule has 12 heteroatoms. The molecule has 3 rings (SSSR count). The molecule has 0 unspecified atom stereocenters. The van der Waals surface area contributed by atoms with Crippen LogP contribution in [-0.2, 0) is 33.5 Å². The van der Waals surface area contributed by atoms with Gasteiger partial charge in [0.15, 0.2) is 0 Å². The summed E-state index contributed by atoms with van der Waals surface area (Å²) in [7, 11) is 1.28. The Morgan fingerprint density at radius 3 is 2.33 bits per heavy atom. The van der Waals surface area contributed by atoms with Crippen LogP contribution in [0.15, 0.2) is 0 Å². The molecule has 36 heavy (non-hydrogen) atoms. The summed E-state index contributed by atoms with van der Waals surface area (Å²) < 4.78 is 4.58. The fourth-order valence-corrected chi connectivity index (χ4v) is 5.03. The minimum atomic E-state index is -1.20. The van der Waals surface area contributed by atoms with E-state index < -0.39 is 53.8 Å². The van der Waals surface area contributed by atoms with E-state index in [1.54, 1.807) is 13.8 Å². The van der Waals surface area contributed by atoms with Crippen molar-refractivity contribution in [2.45, 2.75) is 83.0 Å². The zero-order chi connectivity index (χ0) is 26.4. The van der Waals surface area contributed by atoms with Crippen molar-refractivity contribution in [3.05, 3.63) is 0 Å². The summed E-state index contributed by atoms with van der Waals surface area (Å²) in [6.07, 6.45) is 2.41. The first-order valence-corrected chi connectivity index (χ1v) is 12.7. The number of amides is 5. The van der Waals surface area contributed by atoms with Gasteiger partial charge in [-0.3, -0.25) is 28.8 Å². The molecule has 3 N–H and O–H groups in total. The number of methoxy groups -OCH3 is 1. The number of carbonyl (C=O) groups excluding carboxylic acids is 6. The predicted octanol–water partition coefficient (Wildman–Crippen LogP) is -0.933. The van der Waals surface area contributed by atoms with Crippen molar-refractivity contribution in [1.82, 2.24) is 25.8 Å². The first-order chi connectivity index (χ1) is 17.1. The van der Waals surface area contributed by atoms with Gasteiger partial charge in [0.25, 0.3) is 0 Å². The molecule has 3 fully saturated rings. The van der Waals surface area contributed by atoms with Crippen molar-refractivity contribution in [1.29, 1.82) is 0 Å². The summed E-state index contributed by atoms with van der Waals surface area (Å²) >= 11 is 0. The molecule has 3 aliphatic rings. The lowest BCUT2D eigenvalue weighted by molar-refractivity contribution is -0.147. The van der Waals surface area contributed by atoms with E-state index in [1.165, 1.54) is 16.9 Å². The molecule has 3 heterocycles. The highest BCUT2D eigenvalue weighted by molar-refractivity contribution is 5.98. The topological polar surface area (TPSA) is 154 Å². The summed E-state index contributed by atoms with van der Waals surface area (Å²) in [6, 6.07) is -3.52. The fraction of sp³-hybridized carbons (Fsp3) is 0.750. The van der Waals surface area contributed by atoms with Crippen LogP contribution >= 0.6 is 0 Å². The van der Waals surface area contributed by atoms with E-state index in [9.17, 15) is 28.8 Å². The van der Waals surface area contributed by atoms with Gasteiger partial charge in [-0.2, -0.15) is 0 Å². The van der Waals surface area contributed by atoms with Crippen LogP contribution in [0.2, 0.25) is 0 Å². The first-order valence-electron chi connectivity index (χ1n) is 12.7. The van der Waals surface area contributed by atoms with E-state index in [0.717, 1.165) is 0 Å². The van der Waals surface area contributed by atoms with Crippen LogP contribution < -0.4 is 16.0 Å². The molecule has 0 aliphatic carbocycles. The average Bonchev–Trinajstić information content (AvgIpc) is 3.53. The van der Waals surface area contributed by atoms with Crippen molar-refractivity contribution in [3.63, 3.8) is 0 Å². The number of rotatable bonds is 6. The Hall–Kier alpha value is -3.18. The van der Waals surface area contributed by atoms with Gasteiger partial charge in [0.1, 0.15) is 24.2 Å². The predicted molar refractivity (Wildman–Crippen MR) is 127 cm³/mol. The molecule has 4 atom stereocenters. The molecule has 0 radical (unpaired) electrons. The molecule has 5 amide bonds. The lowest BCUT2D eigenvalue weighted by Gasteiger charge is -2.31. The SMILES string of the molecule is COC(=O)CCCNC(=O)[C@H]1CC(=O)N2CCC[C@H]2C(=O)N2CCC[C@@H]2C(=O)N[C@@H](C(C)C)C(=O)N1. The number of ether oxygens (including phenoxy) is 1. The summed E-state index contributed by atoms with van der Waals surface area (Å²) in [5.41, 5.74) is 0. The van der Waals surface area contributed by atoms with E-state index in [1.807, 2.05) is 0 Å². The Kier molecular flexibility index (Phi) is 9.27. The Labute approximate surface area is 210 Å². The van der Waals surface area contributed by atoms with Crippen molar-refractivity contribution >= 4 is 35.5 Å². The maximum absolute atomic E-state index is 13.4. The summed E-state index contributed by atoms with van der Waals surface area (Å²) in [4.78, 5) is 80.3. The van der Waals surface area contributed by atoms with Crippen molar-refractivity contribution in [2.24, 2.45) is 5.92 Å². The second kappa shape index (κ2) is 12.2. The van der Waals surface area contributed by atoms with Crippen LogP contribution in [0.5, 0.6) is 0 Å². The molecule has 3 saturated heterocycles. The smallest absolute Gasteiger partial charge is 0.305 e. The number of carbonyl (C=O) groups is 6. The summed E-state index contributed by atoms with van der Waals surface area (Å²) in [6.45, 7) is 4.48. The highest BCUT2D eigenvalue weighted by Crippen LogP contribution is 2.26. The maximum atomic E-state index is 13.4. The first kappa shape index (κ1) is 27.4. The quantitative estimate of drug-likeness (QED) is 0.310. The molecular formula is C24H37N5O7. The van der Waals surface area contributed by atoms with Gasteiger partial charge in [0, 0.05) is 26.1 Å². The monoisotopic (exact) mass is 507 g/mol. The number of hydrogen-bond acceptors (Lipinski definition) is 7. The van der Waals surface area contributed by atoms with Crippen LogP contribution in [0, 0.1) is 5.92 Å². The van der Waals surface area contributed by atoms with E-state index in [4.69, 9.17) is 0 Å². The number of nitrogens with zero attached hydrogens (tertiary/aromatic N) is 2. The zero-order valence-electron chi connectivity index (χ0n) is 21.2. The lowest BCUT2D eigenvalue weighted by Crippen LogP contribution is -2.58. The third-order valence-corrected chi connectivity index (χ3v) is 7.04. The van der Waals surface area contributed by atoms with Crippen LogP contribution in [0.25, 0.3) is 0 Å². The van der Waals surface area contributed by atoms with Crippen molar-refractivity contribution < 1.29 is 33.5 Å². The van der Waals surface area contributed by atoms with Gasteiger partial charge in [0.05, 0.1) is 13.5 Å². The molecule has 0 aromatic carbocycles. The minimum absolute atomic E-state index is 0.115. The van der Waals surface area contributed by atoms with Crippen LogP contribution in [-0.4, -0.2) is 96.2 Å². The zero-order valence-corrected chi connectivity index (χ0v) is 21.2. The Morgan fingerprint density at radius 1 is 1.00 bits per heavy atom. The Bertz CT molecular complexity index is 882. The van der Waals surface area contributed by atoms with E-state index >= 15 is 0 Å². The second-order valence-corrected chi connectivity index (χ2v) is 9.90. The van der Waals surface area contributed by atoms with Crippen LogP contribution in [0.1, 0.15) is 58.8 Å². The molecule has 0 bridgehead atoms. The molecule has 0 saturated carbocycles. The minimum Gasteiger partial charge on any atom is -0.469 e. The van der Waals surface area contributed by atoms with E-state index in [0.29, 0.717) is 45.2 Å². The number of nitrogens with one attached hydrogen (secondary N) is 3. The number of hydrogen-bond donors (Lipinski definition) is 3. The van der Waals surface area contributed by atoms with Crippen LogP contribution in [0.4, 0.5) is 0 Å². The standard InChI is InChI=1S/C24H37N5O7/c1-14(2)20-23(34)26-15(21(32)25-10-4-9-19(31)36-3)13-18(30)28-11-6-8-17(28)24(35)29-12-5-7-16(29)22(33)27-20/h14-17,20H,4-13H2,1-3H3,(H,25,32)(H,26,34)(H,27,33)/t15-,16-,17+,20+/m1/s1. The fourth-order valence-electron chi connectivity index (χ4n) is 5.03. The molecule has 3 aliphatic heterocycles. The Morgan fingerprint density at radius 2 is 1.67 bits per heavy atom. The van der Waals surface area contributed by atoms with Crippen molar-refractivity contribution in [2.75, 3.05) is 26.7 Å². The lowest BCUT2D eigenvalue weighted by atomic mass is 10.0. The second-order valence-electron chi connectivity index (χ2n) is 9.90. The summed E-state index contributed by atoms with van der Waals surface area (Å²) in [5, 5.41) is 8.07. The largest absolute Gasteiger partial charge is 0.469 e. The summed E-state index contributed by atoms with van der Waals surface area (Å²) in [5.74, 6) is -2.93. The van der Waals surface area contributed by atoms with Crippen LogP contribution in [0.3, 0.4) is 0 Å². The molecule has 0 spiro atoms. The van der Waals surface area contributed by atoms with E-state index in [2.05, 4.69) is 20.7 Å². The van der Waals surface area contributed by atoms with Gasteiger partial charge in [0.2, 0.25) is 29.5 Å². The molecule has 0 aromatic heterocycles. The van der Waals surface area contributed by atoms with E-state index in [-0.39, 0.29) is 31.2 Å². The average molecular weight is 508 g/mol. The van der Waals surface area contributed by atoms with Gasteiger partial charge in [-0.25, -0.2) is 0 Å². The molecule has 0 aromatic rings. The Balaban J connectivity index is 1.84. The highest BCUT2D eigenvalue weighted by Gasteiger charge is 2.44. The van der Waals surface area contributed by atoms with Gasteiger partial charge in [-0.15, -0.1) is 0 Å². The molecular weight excluding hydrogens is 470 g/mol. The van der Waals surface area contributed by atoms with Gasteiger partial charge in [-0.1, -0.05) is 13.8 Å². The highest BCUT2D eigenvalue weighted by atomic mass is 16.5. The van der Waals surface area contributed by atoms with Gasteiger partial charge < -0.3 is 30.5 Å². The third-order valence-electron chi connectivity index (χ3n) is 7.04. The third kappa shape index (κ3) is 6.33. The molecule has 200 valence electrons. The normalized spacial score (nSPS) is 27.3.